The molecule has 4 aromatic heterocycles. The van der Waals surface area contributed by atoms with Gasteiger partial charge in [0.1, 0.15) is 17.4 Å². The number of nitrogens with zero attached hydrogens (tertiary/aromatic N) is 6. The number of carbonyl (C=O) groups excluding carboxylic acids is 2. The van der Waals surface area contributed by atoms with Gasteiger partial charge in [-0.25, -0.2) is 19.3 Å². The lowest BCUT2D eigenvalue weighted by Gasteiger charge is -2.32. The number of fused-ring (bicyclic) bond motifs is 1. The summed E-state index contributed by atoms with van der Waals surface area (Å²) in [6, 6.07) is 21.1. The molecule has 0 unspecified atom stereocenters. The molecule has 240 valence electrons. The first-order chi connectivity index (χ1) is 23.4. The van der Waals surface area contributed by atoms with E-state index in [1.54, 1.807) is 18.5 Å². The summed E-state index contributed by atoms with van der Waals surface area (Å²) in [5.74, 6) is 0.121. The molecular formula is C36H31FN8O3. The van der Waals surface area contributed by atoms with E-state index in [2.05, 4.69) is 37.3 Å². The van der Waals surface area contributed by atoms with Crippen LogP contribution in [0.3, 0.4) is 0 Å². The number of rotatable bonds is 8. The number of pyridine rings is 3. The third kappa shape index (κ3) is 6.20. The highest BCUT2D eigenvalue weighted by atomic mass is 19.1. The van der Waals surface area contributed by atoms with Crippen LogP contribution in [-0.4, -0.2) is 65.8 Å². The monoisotopic (exact) mass is 642 g/mol. The Labute approximate surface area is 274 Å². The van der Waals surface area contributed by atoms with Crippen molar-refractivity contribution in [2.24, 2.45) is 0 Å². The molecule has 0 saturated carbocycles. The Balaban J connectivity index is 1.09. The van der Waals surface area contributed by atoms with Crippen LogP contribution in [0.4, 0.5) is 10.2 Å². The molecular weight excluding hydrogens is 611 g/mol. The molecule has 0 radical (unpaired) electrons. The average Bonchev–Trinajstić information content (AvgIpc) is 3.48. The van der Waals surface area contributed by atoms with E-state index in [4.69, 9.17) is 10.7 Å². The molecule has 2 aromatic carbocycles. The zero-order chi connectivity index (χ0) is 33.2. The van der Waals surface area contributed by atoms with E-state index < -0.39 is 5.82 Å². The van der Waals surface area contributed by atoms with Crippen LogP contribution in [0.2, 0.25) is 0 Å². The number of amides is 1. The van der Waals surface area contributed by atoms with Crippen molar-refractivity contribution in [2.45, 2.75) is 25.4 Å². The molecule has 11 nitrogen and oxygen atoms in total. The van der Waals surface area contributed by atoms with Gasteiger partial charge in [0.15, 0.2) is 17.8 Å². The first-order valence-corrected chi connectivity index (χ1v) is 15.5. The van der Waals surface area contributed by atoms with Gasteiger partial charge in [-0.2, -0.15) is 0 Å². The molecule has 48 heavy (non-hydrogen) atoms. The summed E-state index contributed by atoms with van der Waals surface area (Å²) in [5, 5.41) is 12.8. The number of piperidine rings is 1. The molecule has 7 rings (SSSR count). The van der Waals surface area contributed by atoms with Gasteiger partial charge < -0.3 is 16.2 Å². The molecule has 0 aliphatic carbocycles. The van der Waals surface area contributed by atoms with Crippen molar-refractivity contribution in [1.82, 2.24) is 34.7 Å². The maximum Gasteiger partial charge on any atom is 0.251 e. The van der Waals surface area contributed by atoms with Gasteiger partial charge in [0.2, 0.25) is 0 Å². The van der Waals surface area contributed by atoms with E-state index in [-0.39, 0.29) is 23.3 Å². The van der Waals surface area contributed by atoms with Crippen LogP contribution in [0.15, 0.2) is 91.4 Å². The van der Waals surface area contributed by atoms with Gasteiger partial charge >= 0.3 is 0 Å². The van der Waals surface area contributed by atoms with Crippen molar-refractivity contribution >= 4 is 29.2 Å². The molecule has 6 aromatic rings. The lowest BCUT2D eigenvalue weighted by molar-refractivity contribution is 0.0909. The number of nitrogen functional groups attached to an aromatic ring is 1. The number of nitrogens with one attached hydrogen (secondary N) is 1. The van der Waals surface area contributed by atoms with Crippen molar-refractivity contribution in [1.29, 1.82) is 0 Å². The summed E-state index contributed by atoms with van der Waals surface area (Å²) in [6.07, 6.45) is 6.60. The summed E-state index contributed by atoms with van der Waals surface area (Å²) in [4.78, 5) is 44.2. The highest BCUT2D eigenvalue weighted by Gasteiger charge is 2.23. The number of phenolic OH excluding ortho intramolecular Hbond substituents is 1. The third-order valence-electron chi connectivity index (χ3n) is 8.55. The number of aldehydes is 1. The number of imidazole rings is 1. The van der Waals surface area contributed by atoms with Crippen LogP contribution in [0.5, 0.6) is 5.75 Å². The second-order valence-corrected chi connectivity index (χ2v) is 11.7. The summed E-state index contributed by atoms with van der Waals surface area (Å²) in [6.45, 7) is 2.37. The number of hydrogen-bond donors (Lipinski definition) is 3. The first-order valence-electron chi connectivity index (χ1n) is 15.5. The van der Waals surface area contributed by atoms with E-state index in [0.717, 1.165) is 54.8 Å². The number of carbonyl (C=O) groups is 2. The maximum absolute atomic E-state index is 13.6. The van der Waals surface area contributed by atoms with E-state index in [1.165, 1.54) is 30.5 Å². The fourth-order valence-corrected chi connectivity index (χ4v) is 6.00. The zero-order valence-electron chi connectivity index (χ0n) is 25.8. The van der Waals surface area contributed by atoms with E-state index >= 15 is 0 Å². The van der Waals surface area contributed by atoms with E-state index in [9.17, 15) is 19.1 Å². The first kappa shape index (κ1) is 30.6. The molecule has 0 bridgehead atoms. The van der Waals surface area contributed by atoms with Crippen LogP contribution in [0.1, 0.15) is 39.1 Å². The molecule has 0 spiro atoms. The van der Waals surface area contributed by atoms with Crippen LogP contribution >= 0.6 is 0 Å². The van der Waals surface area contributed by atoms with Crippen LogP contribution in [0, 0.1) is 5.82 Å². The van der Waals surface area contributed by atoms with Crippen LogP contribution in [-0.2, 0) is 6.54 Å². The number of hydrogen-bond acceptors (Lipinski definition) is 9. The van der Waals surface area contributed by atoms with Crippen molar-refractivity contribution in [3.63, 3.8) is 0 Å². The predicted molar refractivity (Wildman–Crippen MR) is 179 cm³/mol. The number of benzene rings is 2. The van der Waals surface area contributed by atoms with E-state index in [0.29, 0.717) is 40.4 Å². The van der Waals surface area contributed by atoms with Crippen molar-refractivity contribution in [3.05, 3.63) is 114 Å². The summed E-state index contributed by atoms with van der Waals surface area (Å²) in [5.41, 5.74) is 12.0. The topological polar surface area (TPSA) is 152 Å². The Morgan fingerprint density at radius 3 is 2.54 bits per heavy atom. The molecule has 12 heteroatoms. The van der Waals surface area contributed by atoms with Crippen molar-refractivity contribution in [2.75, 3.05) is 18.8 Å². The van der Waals surface area contributed by atoms with Gasteiger partial charge in [-0.15, -0.1) is 0 Å². The number of likely N-dealkylation sites (tertiary alicyclic amines) is 1. The third-order valence-corrected chi connectivity index (χ3v) is 8.55. The summed E-state index contributed by atoms with van der Waals surface area (Å²) >= 11 is 0. The lowest BCUT2D eigenvalue weighted by atomic mass is 10.0. The Morgan fingerprint density at radius 2 is 1.81 bits per heavy atom. The number of phenols is 1. The molecule has 1 aliphatic heterocycles. The molecule has 1 aliphatic rings. The average molecular weight is 643 g/mol. The maximum atomic E-state index is 13.6. The smallest absolute Gasteiger partial charge is 0.251 e. The highest BCUT2D eigenvalue weighted by Crippen LogP contribution is 2.32. The second kappa shape index (κ2) is 13.0. The minimum atomic E-state index is -0.413. The molecule has 1 amide bonds. The fraction of sp³-hybridized carbons (Fsp3) is 0.167. The second-order valence-electron chi connectivity index (χ2n) is 11.7. The Morgan fingerprint density at radius 1 is 1.00 bits per heavy atom. The van der Waals surface area contributed by atoms with Crippen molar-refractivity contribution < 1.29 is 19.1 Å². The lowest BCUT2D eigenvalue weighted by Crippen LogP contribution is -2.44. The molecule has 0 atom stereocenters. The number of aromatic nitrogens is 5. The van der Waals surface area contributed by atoms with Crippen LogP contribution < -0.4 is 11.1 Å². The van der Waals surface area contributed by atoms with Gasteiger partial charge in [-0.3, -0.25) is 24.0 Å². The Hall–Kier alpha value is -6.01. The largest absolute Gasteiger partial charge is 0.507 e. The standard InChI is InChI=1S/C36H31FN8O3/c37-26-6-9-30(40-19-26)24-17-31-34(41-18-24)43-35(29-2-1-13-39-33(29)38)45(31)28-7-3-22(4-8-28)20-44-14-11-27(12-15-44)42-36(48)23-5-10-32(47)25(16-23)21-46/h1-10,13,16-19,21,27,47H,11-12,14-15,20H2,(H2,38,39)(H,42,48). The summed E-state index contributed by atoms with van der Waals surface area (Å²) in [7, 11) is 0. The fourth-order valence-electron chi connectivity index (χ4n) is 6.00. The highest BCUT2D eigenvalue weighted by molar-refractivity contribution is 5.96. The Bertz CT molecular complexity index is 2130. The normalized spacial score (nSPS) is 13.9. The number of halogens is 1. The van der Waals surface area contributed by atoms with Crippen LogP contribution in [0.25, 0.3) is 39.5 Å². The van der Waals surface area contributed by atoms with Gasteiger partial charge in [-0.1, -0.05) is 12.1 Å². The molecule has 1 saturated heterocycles. The Kier molecular flexibility index (Phi) is 8.30. The number of nitrogens with two attached hydrogens (primary N) is 1. The van der Waals surface area contributed by atoms with E-state index in [1.807, 2.05) is 34.9 Å². The minimum absolute atomic E-state index is 0.0149. The SMILES string of the molecule is Nc1ncccc1-c1nc2ncc(-c3ccc(F)cn3)cc2n1-c1ccc(CN2CCC(NC(=O)c3ccc(O)c(C=O)c3)CC2)cc1. The van der Waals surface area contributed by atoms with Gasteiger partial charge in [0.05, 0.1) is 28.5 Å². The molecule has 4 N–H and O–H groups in total. The van der Waals surface area contributed by atoms with Crippen molar-refractivity contribution in [3.8, 4) is 34.1 Å². The molecule has 5 heterocycles. The summed E-state index contributed by atoms with van der Waals surface area (Å²) < 4.78 is 15.6. The number of aromatic hydroxyl groups is 1. The van der Waals surface area contributed by atoms with Gasteiger partial charge in [0.25, 0.3) is 5.91 Å². The van der Waals surface area contributed by atoms with Gasteiger partial charge in [0, 0.05) is 54.9 Å². The molecule has 1 fully saturated rings. The zero-order valence-corrected chi connectivity index (χ0v) is 25.8. The minimum Gasteiger partial charge on any atom is -0.507 e. The quantitative estimate of drug-likeness (QED) is 0.191. The predicted octanol–water partition coefficient (Wildman–Crippen LogP) is 5.18. The van der Waals surface area contributed by atoms with Gasteiger partial charge in [-0.05, 0) is 79.1 Å². The number of anilines is 1.